The van der Waals surface area contributed by atoms with E-state index >= 15 is 0 Å². The van der Waals surface area contributed by atoms with Gasteiger partial charge < -0.3 is 15.1 Å². The Morgan fingerprint density at radius 2 is 1.96 bits per heavy atom. The van der Waals surface area contributed by atoms with Gasteiger partial charge in [-0.3, -0.25) is 19.2 Å². The molecule has 0 fully saturated rings. The molecule has 1 N–H and O–H groups in total. The van der Waals surface area contributed by atoms with Crippen molar-refractivity contribution < 1.29 is 19.2 Å². The Bertz CT molecular complexity index is 745. The van der Waals surface area contributed by atoms with Crippen molar-refractivity contribution in [3.05, 3.63) is 46.7 Å². The second-order valence-electron chi connectivity index (χ2n) is 6.51. The van der Waals surface area contributed by atoms with Gasteiger partial charge in [-0.2, -0.15) is 0 Å². The van der Waals surface area contributed by atoms with Crippen LogP contribution in [0.2, 0.25) is 0 Å². The van der Waals surface area contributed by atoms with E-state index in [1.165, 1.54) is 0 Å². The Morgan fingerprint density at radius 3 is 2.54 bits per heavy atom. The van der Waals surface area contributed by atoms with Crippen LogP contribution in [0, 0.1) is 0 Å². The normalized spacial score (nSPS) is 13.5. The number of carbonyl (C=O) groups excluding carboxylic acids is 4. The zero-order chi connectivity index (χ0) is 19.3. The highest BCUT2D eigenvalue weighted by atomic mass is 16.2. The maximum Gasteiger partial charge on any atom is 0.254 e. The van der Waals surface area contributed by atoms with Gasteiger partial charge in [-0.05, 0) is 43.0 Å². The molecule has 26 heavy (non-hydrogen) atoms. The van der Waals surface area contributed by atoms with E-state index in [1.807, 2.05) is 6.92 Å². The number of nitrogens with one attached hydrogen (secondary N) is 1. The molecule has 7 nitrogen and oxygen atoms in total. The topological polar surface area (TPSA) is 86.8 Å². The fourth-order valence-electron chi connectivity index (χ4n) is 2.98. The van der Waals surface area contributed by atoms with Crippen LogP contribution >= 0.6 is 0 Å². The van der Waals surface area contributed by atoms with E-state index in [1.54, 1.807) is 29.0 Å². The monoisotopic (exact) mass is 357 g/mol. The number of hydrogen-bond donors (Lipinski definition) is 1. The molecule has 1 heterocycles. The molecule has 1 aromatic carbocycles. The molecule has 0 saturated carbocycles. The van der Waals surface area contributed by atoms with E-state index in [-0.39, 0.29) is 11.9 Å². The molecule has 138 valence electrons. The van der Waals surface area contributed by atoms with Crippen molar-refractivity contribution in [1.82, 2.24) is 15.1 Å². The Morgan fingerprint density at radius 1 is 1.31 bits per heavy atom. The number of allylic oxidation sites excluding steroid dienone is 1. The van der Waals surface area contributed by atoms with Crippen molar-refractivity contribution in [1.29, 1.82) is 0 Å². The highest BCUT2D eigenvalue weighted by molar-refractivity contribution is 6.02. The van der Waals surface area contributed by atoms with E-state index in [2.05, 4.69) is 11.9 Å². The third-order valence-corrected chi connectivity index (χ3v) is 4.73. The van der Waals surface area contributed by atoms with Crippen LogP contribution in [0.15, 0.2) is 24.4 Å². The summed E-state index contributed by atoms with van der Waals surface area (Å²) in [5, 5.41) is 2.50. The summed E-state index contributed by atoms with van der Waals surface area (Å²) in [6.07, 6.45) is 3.19. The van der Waals surface area contributed by atoms with Gasteiger partial charge in [-0.1, -0.05) is 6.58 Å². The second kappa shape index (κ2) is 8.42. The molecule has 3 amide bonds. The van der Waals surface area contributed by atoms with Crippen molar-refractivity contribution in [3.8, 4) is 0 Å². The fraction of sp³-hybridized carbons (Fsp3) is 0.368. The van der Waals surface area contributed by atoms with Crippen LogP contribution in [-0.4, -0.2) is 47.9 Å². The summed E-state index contributed by atoms with van der Waals surface area (Å²) in [5.74, 6) is -0.249. The number of nitrogens with zero attached hydrogens (tertiary/aromatic N) is 2. The summed E-state index contributed by atoms with van der Waals surface area (Å²) >= 11 is 0. The molecule has 1 aliphatic rings. The predicted molar refractivity (Wildman–Crippen MR) is 96.3 cm³/mol. The van der Waals surface area contributed by atoms with Crippen molar-refractivity contribution in [2.45, 2.75) is 38.9 Å². The van der Waals surface area contributed by atoms with Gasteiger partial charge in [0.2, 0.25) is 12.8 Å². The fourth-order valence-corrected chi connectivity index (χ4v) is 2.98. The molecule has 1 unspecified atom stereocenters. The molecule has 7 heteroatoms. The average molecular weight is 357 g/mol. The van der Waals surface area contributed by atoms with E-state index in [0.29, 0.717) is 55.5 Å². The third kappa shape index (κ3) is 4.17. The first-order valence-corrected chi connectivity index (χ1v) is 8.36. The SMILES string of the molecule is C=C(CCC(C)N(C)C(=O)c1cc2c(cc1C=O)CN(C=O)C2)NC=O. The van der Waals surface area contributed by atoms with Gasteiger partial charge in [0.25, 0.3) is 5.91 Å². The van der Waals surface area contributed by atoms with Gasteiger partial charge in [0.05, 0.1) is 5.56 Å². The van der Waals surface area contributed by atoms with Gasteiger partial charge in [0.15, 0.2) is 6.29 Å². The number of fused-ring (bicyclic) bond motifs is 1. The molecule has 0 radical (unpaired) electrons. The minimum absolute atomic E-state index is 0.105. The van der Waals surface area contributed by atoms with Crippen molar-refractivity contribution in [3.63, 3.8) is 0 Å². The van der Waals surface area contributed by atoms with E-state index in [4.69, 9.17) is 0 Å². The van der Waals surface area contributed by atoms with Gasteiger partial charge in [-0.25, -0.2) is 0 Å². The summed E-state index contributed by atoms with van der Waals surface area (Å²) in [5.41, 5.74) is 3.03. The lowest BCUT2D eigenvalue weighted by Crippen LogP contribution is -2.36. The van der Waals surface area contributed by atoms with Crippen LogP contribution in [0.4, 0.5) is 0 Å². The first-order chi connectivity index (χ1) is 12.4. The van der Waals surface area contributed by atoms with Gasteiger partial charge in [0.1, 0.15) is 0 Å². The number of rotatable bonds is 9. The molecule has 0 saturated heterocycles. The third-order valence-electron chi connectivity index (χ3n) is 4.73. The lowest BCUT2D eigenvalue weighted by Gasteiger charge is -2.26. The minimum Gasteiger partial charge on any atom is -0.339 e. The number of hydrogen-bond acceptors (Lipinski definition) is 4. The van der Waals surface area contributed by atoms with E-state index in [9.17, 15) is 19.2 Å². The maximum absolute atomic E-state index is 12.9. The first-order valence-electron chi connectivity index (χ1n) is 8.36. The van der Waals surface area contributed by atoms with Gasteiger partial charge in [0, 0.05) is 37.4 Å². The van der Waals surface area contributed by atoms with Crippen LogP contribution < -0.4 is 5.32 Å². The van der Waals surface area contributed by atoms with Crippen LogP contribution in [0.3, 0.4) is 0 Å². The van der Waals surface area contributed by atoms with E-state index < -0.39 is 0 Å². The molecule has 1 aliphatic heterocycles. The summed E-state index contributed by atoms with van der Waals surface area (Å²) in [4.78, 5) is 48.9. The Hall–Kier alpha value is -2.96. The van der Waals surface area contributed by atoms with Crippen LogP contribution in [0.25, 0.3) is 0 Å². The van der Waals surface area contributed by atoms with Gasteiger partial charge >= 0.3 is 0 Å². The largest absolute Gasteiger partial charge is 0.339 e. The maximum atomic E-state index is 12.9. The van der Waals surface area contributed by atoms with Crippen molar-refractivity contribution >= 4 is 25.0 Å². The molecular formula is C19H23N3O4. The summed E-state index contributed by atoms with van der Waals surface area (Å²) in [7, 11) is 1.68. The molecule has 0 aromatic heterocycles. The van der Waals surface area contributed by atoms with Gasteiger partial charge in [-0.15, -0.1) is 0 Å². The Kier molecular flexibility index (Phi) is 6.27. The molecule has 1 atom stereocenters. The van der Waals surface area contributed by atoms with Crippen LogP contribution in [-0.2, 0) is 22.7 Å². The minimum atomic E-state index is -0.249. The molecule has 0 spiro atoms. The summed E-state index contributed by atoms with van der Waals surface area (Å²) < 4.78 is 0. The lowest BCUT2D eigenvalue weighted by atomic mass is 9.99. The zero-order valence-corrected chi connectivity index (χ0v) is 15.0. The highest BCUT2D eigenvalue weighted by Crippen LogP contribution is 2.26. The smallest absolute Gasteiger partial charge is 0.254 e. The quantitative estimate of drug-likeness (QED) is 0.678. The standard InChI is InChI=1S/C19H23N3O4/c1-13(20-11-24)4-5-14(2)21(3)19(26)18-7-16-9-22(12-25)8-15(16)6-17(18)10-23/h6-7,10-12,14H,1,4-5,8-9H2,2-3H3,(H,20,24). The summed E-state index contributed by atoms with van der Waals surface area (Å²) in [6.45, 7) is 6.52. The zero-order valence-electron chi connectivity index (χ0n) is 15.0. The second-order valence-corrected chi connectivity index (χ2v) is 6.51. The number of amides is 3. The molecule has 0 aliphatic carbocycles. The average Bonchev–Trinajstić information content (AvgIpc) is 3.06. The molecular weight excluding hydrogens is 334 g/mol. The van der Waals surface area contributed by atoms with Crippen molar-refractivity contribution in [2.75, 3.05) is 7.05 Å². The van der Waals surface area contributed by atoms with Crippen LogP contribution in [0.5, 0.6) is 0 Å². The molecule has 1 aromatic rings. The number of carbonyl (C=O) groups is 4. The summed E-state index contributed by atoms with van der Waals surface area (Å²) in [6, 6.07) is 3.29. The van der Waals surface area contributed by atoms with Crippen LogP contribution in [0.1, 0.15) is 51.6 Å². The predicted octanol–water partition coefficient (Wildman–Crippen LogP) is 1.47. The van der Waals surface area contributed by atoms with E-state index in [0.717, 1.165) is 17.5 Å². The first kappa shape index (κ1) is 19.4. The molecule has 0 bridgehead atoms. The lowest BCUT2D eigenvalue weighted by molar-refractivity contribution is -0.118. The number of aldehydes is 1. The molecule has 2 rings (SSSR count). The number of benzene rings is 1. The Labute approximate surface area is 152 Å². The Balaban J connectivity index is 2.15. The highest BCUT2D eigenvalue weighted by Gasteiger charge is 2.25. The van der Waals surface area contributed by atoms with Crippen molar-refractivity contribution in [2.24, 2.45) is 0 Å².